The average molecular weight is 344 g/mol. The lowest BCUT2D eigenvalue weighted by Gasteiger charge is -2.35. The molecule has 0 bridgehead atoms. The zero-order valence-corrected chi connectivity index (χ0v) is 14.5. The van der Waals surface area contributed by atoms with E-state index in [9.17, 15) is 9.18 Å². The minimum Gasteiger partial charge on any atom is -0.351 e. The fraction of sp³-hybridized carbons (Fsp3) is 0.588. The molecule has 1 aromatic rings. The Hall–Kier alpha value is -1.17. The van der Waals surface area contributed by atoms with E-state index in [1.54, 1.807) is 13.0 Å². The number of halogens is 2. The van der Waals surface area contributed by atoms with E-state index in [4.69, 9.17) is 5.73 Å². The van der Waals surface area contributed by atoms with Gasteiger partial charge in [-0.2, -0.15) is 0 Å². The molecule has 130 valence electrons. The highest BCUT2D eigenvalue weighted by atomic mass is 35.5. The first-order chi connectivity index (χ1) is 10.6. The average Bonchev–Trinajstić information content (AvgIpc) is 2.51. The van der Waals surface area contributed by atoms with Crippen LogP contribution in [0.2, 0.25) is 0 Å². The maximum absolute atomic E-state index is 13.5. The number of nitrogens with one attached hydrogen (secondary N) is 1. The molecule has 0 spiro atoms. The highest BCUT2D eigenvalue weighted by Crippen LogP contribution is 2.18. The van der Waals surface area contributed by atoms with Gasteiger partial charge >= 0.3 is 0 Å². The Morgan fingerprint density at radius 3 is 2.91 bits per heavy atom. The number of piperidine rings is 1. The maximum Gasteiger partial charge on any atom is 0.234 e. The molecule has 1 aliphatic heterocycles. The standard InChI is InChI=1S/C17H26FN3O.ClH/c1-13-5-6-14(10-16(13)18)11-20-17(22)12-21-9-3-2-4-15(21)7-8-19;/h5-6,10,15H,2-4,7-9,11-12,19H2,1H3,(H,20,22);1H. The third-order valence-corrected chi connectivity index (χ3v) is 4.32. The second-order valence-corrected chi connectivity index (χ2v) is 6.06. The summed E-state index contributed by atoms with van der Waals surface area (Å²) < 4.78 is 13.5. The Morgan fingerprint density at radius 2 is 2.22 bits per heavy atom. The smallest absolute Gasteiger partial charge is 0.234 e. The first kappa shape index (κ1) is 19.9. The Balaban J connectivity index is 0.00000264. The van der Waals surface area contributed by atoms with Gasteiger partial charge in [-0.15, -0.1) is 12.4 Å². The number of aryl methyl sites for hydroxylation is 1. The van der Waals surface area contributed by atoms with Crippen LogP contribution < -0.4 is 11.1 Å². The van der Waals surface area contributed by atoms with Crippen LogP contribution in [0.25, 0.3) is 0 Å². The van der Waals surface area contributed by atoms with E-state index in [2.05, 4.69) is 10.2 Å². The van der Waals surface area contributed by atoms with Crippen LogP contribution in [0.3, 0.4) is 0 Å². The van der Waals surface area contributed by atoms with E-state index in [1.165, 1.54) is 12.5 Å². The number of hydrogen-bond donors (Lipinski definition) is 2. The molecular formula is C17H27ClFN3O. The first-order valence-corrected chi connectivity index (χ1v) is 8.06. The Bertz CT molecular complexity index is 511. The monoisotopic (exact) mass is 343 g/mol. The predicted molar refractivity (Wildman–Crippen MR) is 93.1 cm³/mol. The van der Waals surface area contributed by atoms with Gasteiger partial charge in [0.25, 0.3) is 0 Å². The van der Waals surface area contributed by atoms with Crippen molar-refractivity contribution in [2.24, 2.45) is 5.73 Å². The Morgan fingerprint density at radius 1 is 1.43 bits per heavy atom. The molecule has 0 saturated carbocycles. The number of rotatable bonds is 6. The summed E-state index contributed by atoms with van der Waals surface area (Å²) in [5.74, 6) is -0.240. The molecule has 4 nitrogen and oxygen atoms in total. The molecule has 1 aromatic carbocycles. The Kier molecular flexibility index (Phi) is 8.52. The van der Waals surface area contributed by atoms with Gasteiger partial charge in [-0.25, -0.2) is 4.39 Å². The van der Waals surface area contributed by atoms with Crippen LogP contribution in [-0.2, 0) is 11.3 Å². The number of carbonyl (C=O) groups is 1. The van der Waals surface area contributed by atoms with E-state index in [0.717, 1.165) is 31.4 Å². The number of amides is 1. The maximum atomic E-state index is 13.5. The van der Waals surface area contributed by atoms with Gasteiger partial charge in [0.15, 0.2) is 0 Å². The molecule has 2 rings (SSSR count). The van der Waals surface area contributed by atoms with Crippen molar-refractivity contribution in [2.45, 2.75) is 45.2 Å². The minimum atomic E-state index is -0.231. The summed E-state index contributed by atoms with van der Waals surface area (Å²) in [7, 11) is 0. The van der Waals surface area contributed by atoms with Gasteiger partial charge in [-0.05, 0) is 56.5 Å². The van der Waals surface area contributed by atoms with Crippen LogP contribution in [-0.4, -0.2) is 36.5 Å². The number of benzene rings is 1. The fourth-order valence-electron chi connectivity index (χ4n) is 2.97. The normalized spacial score (nSPS) is 18.3. The van der Waals surface area contributed by atoms with Gasteiger partial charge in [-0.1, -0.05) is 18.6 Å². The van der Waals surface area contributed by atoms with Gasteiger partial charge in [0.05, 0.1) is 6.54 Å². The molecule has 0 radical (unpaired) electrons. The lowest BCUT2D eigenvalue weighted by atomic mass is 9.99. The van der Waals surface area contributed by atoms with E-state index < -0.39 is 0 Å². The first-order valence-electron chi connectivity index (χ1n) is 8.06. The van der Waals surface area contributed by atoms with Gasteiger partial charge in [0.2, 0.25) is 5.91 Å². The van der Waals surface area contributed by atoms with Gasteiger partial charge in [0, 0.05) is 12.6 Å². The van der Waals surface area contributed by atoms with Gasteiger partial charge < -0.3 is 11.1 Å². The lowest BCUT2D eigenvalue weighted by molar-refractivity contribution is -0.123. The van der Waals surface area contributed by atoms with Crippen LogP contribution in [0.4, 0.5) is 4.39 Å². The molecule has 1 amide bonds. The van der Waals surface area contributed by atoms with Crippen LogP contribution >= 0.6 is 12.4 Å². The van der Waals surface area contributed by atoms with E-state index >= 15 is 0 Å². The van der Waals surface area contributed by atoms with Crippen LogP contribution in [0, 0.1) is 12.7 Å². The molecule has 6 heteroatoms. The van der Waals surface area contributed by atoms with Gasteiger partial charge in [0.1, 0.15) is 5.82 Å². The Labute approximate surface area is 144 Å². The summed E-state index contributed by atoms with van der Waals surface area (Å²) in [6.07, 6.45) is 4.41. The molecule has 1 heterocycles. The van der Waals surface area contributed by atoms with Crippen LogP contribution in [0.15, 0.2) is 18.2 Å². The molecular weight excluding hydrogens is 317 g/mol. The van der Waals surface area contributed by atoms with Crippen molar-refractivity contribution in [2.75, 3.05) is 19.6 Å². The highest BCUT2D eigenvalue weighted by molar-refractivity contribution is 5.85. The van der Waals surface area contributed by atoms with Crippen molar-refractivity contribution in [1.29, 1.82) is 0 Å². The molecule has 3 N–H and O–H groups in total. The number of nitrogens with zero attached hydrogens (tertiary/aromatic N) is 1. The van der Waals surface area contributed by atoms with Crippen molar-refractivity contribution in [1.82, 2.24) is 10.2 Å². The molecule has 0 aromatic heterocycles. The summed E-state index contributed by atoms with van der Waals surface area (Å²) in [5, 5.41) is 2.88. The molecule has 0 aliphatic carbocycles. The van der Waals surface area contributed by atoms with Gasteiger partial charge in [-0.3, -0.25) is 9.69 Å². The lowest BCUT2D eigenvalue weighted by Crippen LogP contribution is -2.46. The molecule has 1 saturated heterocycles. The SMILES string of the molecule is Cc1ccc(CNC(=O)CN2CCCCC2CCN)cc1F.Cl. The molecule has 1 unspecified atom stereocenters. The zero-order valence-electron chi connectivity index (χ0n) is 13.7. The molecule has 1 aliphatic rings. The molecule has 1 atom stereocenters. The highest BCUT2D eigenvalue weighted by Gasteiger charge is 2.23. The summed E-state index contributed by atoms with van der Waals surface area (Å²) >= 11 is 0. The zero-order chi connectivity index (χ0) is 15.9. The van der Waals surface area contributed by atoms with Crippen molar-refractivity contribution < 1.29 is 9.18 Å². The molecule has 23 heavy (non-hydrogen) atoms. The molecule has 1 fully saturated rings. The van der Waals surface area contributed by atoms with Crippen molar-refractivity contribution in [3.8, 4) is 0 Å². The van der Waals surface area contributed by atoms with Crippen molar-refractivity contribution in [3.63, 3.8) is 0 Å². The van der Waals surface area contributed by atoms with Crippen molar-refractivity contribution >= 4 is 18.3 Å². The number of likely N-dealkylation sites (tertiary alicyclic amines) is 1. The minimum absolute atomic E-state index is 0. The predicted octanol–water partition coefficient (Wildman–Crippen LogP) is 2.38. The third-order valence-electron chi connectivity index (χ3n) is 4.32. The quantitative estimate of drug-likeness (QED) is 0.833. The van der Waals surface area contributed by atoms with Crippen LogP contribution in [0.5, 0.6) is 0 Å². The third kappa shape index (κ3) is 6.09. The van der Waals surface area contributed by atoms with Crippen LogP contribution in [0.1, 0.15) is 36.8 Å². The number of carbonyl (C=O) groups excluding carboxylic acids is 1. The number of hydrogen-bond acceptors (Lipinski definition) is 3. The van der Waals surface area contributed by atoms with E-state index in [-0.39, 0.29) is 24.1 Å². The summed E-state index contributed by atoms with van der Waals surface area (Å²) in [6, 6.07) is 5.48. The topological polar surface area (TPSA) is 58.4 Å². The summed E-state index contributed by atoms with van der Waals surface area (Å²) in [6.45, 7) is 4.11. The van der Waals surface area contributed by atoms with E-state index in [0.29, 0.717) is 31.2 Å². The second-order valence-electron chi connectivity index (χ2n) is 6.06. The second kappa shape index (κ2) is 9.85. The number of nitrogens with two attached hydrogens (primary N) is 1. The summed E-state index contributed by atoms with van der Waals surface area (Å²) in [5.41, 5.74) is 7.05. The fourth-order valence-corrected chi connectivity index (χ4v) is 2.97. The largest absolute Gasteiger partial charge is 0.351 e. The van der Waals surface area contributed by atoms with Crippen molar-refractivity contribution in [3.05, 3.63) is 35.1 Å². The van der Waals surface area contributed by atoms with E-state index in [1.807, 2.05) is 6.07 Å². The summed E-state index contributed by atoms with van der Waals surface area (Å²) in [4.78, 5) is 14.3.